The average Bonchev–Trinajstić information content (AvgIpc) is 3.57. The molecular weight excluding hydrogens is 720 g/mol. The Labute approximate surface area is 334 Å². The van der Waals surface area contributed by atoms with E-state index in [0.717, 1.165) is 38.5 Å². The topological polar surface area (TPSA) is 257 Å². The molecule has 7 unspecified atom stereocenters. The molecule has 16 heteroatoms. The molecule has 0 aromatic rings. The summed E-state index contributed by atoms with van der Waals surface area (Å²) in [7, 11) is 0. The van der Waals surface area contributed by atoms with E-state index >= 15 is 0 Å². The Balaban J connectivity index is 1.80. The molecule has 0 aromatic heterocycles. The van der Waals surface area contributed by atoms with Crippen LogP contribution in [0.25, 0.3) is 0 Å². The first kappa shape index (κ1) is 49.0. The molecule has 2 aliphatic rings. The lowest BCUT2D eigenvalue weighted by molar-refractivity contribution is -0.140. The summed E-state index contributed by atoms with van der Waals surface area (Å²) in [5.41, 5.74) is 7.56. The molecule has 322 valence electrons. The lowest BCUT2D eigenvalue weighted by Crippen LogP contribution is -2.56. The molecule has 2 rings (SSSR count). The van der Waals surface area contributed by atoms with Gasteiger partial charge >= 0.3 is 11.9 Å². The summed E-state index contributed by atoms with van der Waals surface area (Å²) in [6.45, 7) is 5.79. The van der Waals surface area contributed by atoms with E-state index in [9.17, 15) is 34.2 Å². The van der Waals surface area contributed by atoms with Crippen LogP contribution in [0.4, 0.5) is 0 Å². The summed E-state index contributed by atoms with van der Waals surface area (Å²) < 4.78 is 0. The van der Waals surface area contributed by atoms with Gasteiger partial charge in [0.1, 0.15) is 12.3 Å². The summed E-state index contributed by atoms with van der Waals surface area (Å²) in [5.74, 6) is -2.40. The number of nitrogens with zero attached hydrogens (tertiary/aromatic N) is 1. The van der Waals surface area contributed by atoms with Gasteiger partial charge in [-0.1, -0.05) is 64.7 Å². The summed E-state index contributed by atoms with van der Waals surface area (Å²) >= 11 is 0. The van der Waals surface area contributed by atoms with Gasteiger partial charge in [0.05, 0.1) is 6.04 Å². The molecule has 0 saturated heterocycles. The SMILES string of the molecule is CCCCCCCCCCCC(=O)NCCNCCC(N)C(O)NC(CC1CN=C2CCCCC21)C(=O)NCCC(NCC(CCC(=O)O)NC(C)=O)C(=O)O. The highest BCUT2D eigenvalue weighted by molar-refractivity contribution is 5.89. The van der Waals surface area contributed by atoms with Gasteiger partial charge in [0.2, 0.25) is 17.7 Å². The van der Waals surface area contributed by atoms with Crippen molar-refractivity contribution < 1.29 is 39.3 Å². The van der Waals surface area contributed by atoms with Gasteiger partial charge in [-0.3, -0.25) is 34.3 Å². The Morgan fingerprint density at radius 3 is 2.23 bits per heavy atom. The first-order valence-electron chi connectivity index (χ1n) is 21.3. The zero-order valence-corrected chi connectivity index (χ0v) is 34.1. The average molecular weight is 795 g/mol. The van der Waals surface area contributed by atoms with Crippen LogP contribution in [0.15, 0.2) is 4.99 Å². The number of amides is 3. The molecule has 1 heterocycles. The number of hydrogen-bond acceptors (Lipinski definition) is 11. The van der Waals surface area contributed by atoms with Crippen LogP contribution in [0.5, 0.6) is 0 Å². The number of aliphatic carboxylic acids is 2. The van der Waals surface area contributed by atoms with Gasteiger partial charge in [-0.05, 0) is 63.8 Å². The molecule has 0 radical (unpaired) electrons. The molecular formula is C40H74N8O8. The van der Waals surface area contributed by atoms with Gasteiger partial charge in [0.25, 0.3) is 0 Å². The molecule has 1 saturated carbocycles. The lowest BCUT2D eigenvalue weighted by atomic mass is 9.78. The monoisotopic (exact) mass is 795 g/mol. The van der Waals surface area contributed by atoms with E-state index in [0.29, 0.717) is 51.4 Å². The number of nitrogens with two attached hydrogens (primary N) is 1. The maximum Gasteiger partial charge on any atom is 0.320 e. The number of unbranched alkanes of at least 4 members (excludes halogenated alkanes) is 8. The summed E-state index contributed by atoms with van der Waals surface area (Å²) in [6.07, 6.45) is 15.3. The third kappa shape index (κ3) is 21.4. The number of carboxylic acids is 2. The molecule has 1 fully saturated rings. The van der Waals surface area contributed by atoms with Crippen molar-refractivity contribution in [2.45, 2.75) is 166 Å². The van der Waals surface area contributed by atoms with Crippen molar-refractivity contribution in [1.29, 1.82) is 0 Å². The molecule has 11 N–H and O–H groups in total. The van der Waals surface area contributed by atoms with Crippen LogP contribution in [0.2, 0.25) is 0 Å². The smallest absolute Gasteiger partial charge is 0.320 e. The number of fused-ring (bicyclic) bond motifs is 1. The summed E-state index contributed by atoms with van der Waals surface area (Å²) in [5, 5.41) is 47.5. The zero-order chi connectivity index (χ0) is 41.1. The standard InChI is InChI=1S/C40H74N8O8/c1-3-4-5-6-7-8-9-10-11-16-36(50)43-24-23-42-21-19-32(41)38(53)48-35(25-29-26-45-33-15-13-12-14-31(29)33)39(54)44-22-20-34(40(55)56)46-27-30(47-28(2)49)17-18-37(51)52/h29-32,34-35,38,42,46,48,53H,3-27,41H2,1-2H3,(H,43,50)(H,44,54)(H,47,49)(H,51,52)(H,55,56). The summed E-state index contributed by atoms with van der Waals surface area (Å²) in [4.78, 5) is 65.2. The van der Waals surface area contributed by atoms with Crippen molar-refractivity contribution in [3.63, 3.8) is 0 Å². The van der Waals surface area contributed by atoms with Crippen LogP contribution in [0.3, 0.4) is 0 Å². The third-order valence-corrected chi connectivity index (χ3v) is 10.9. The van der Waals surface area contributed by atoms with Crippen molar-refractivity contribution in [2.24, 2.45) is 22.6 Å². The number of carbonyl (C=O) groups is 5. The first-order valence-corrected chi connectivity index (χ1v) is 21.3. The minimum absolute atomic E-state index is 0.0263. The molecule has 0 bridgehead atoms. The van der Waals surface area contributed by atoms with E-state index in [2.05, 4.69) is 38.8 Å². The predicted octanol–water partition coefficient (Wildman–Crippen LogP) is 2.18. The fraction of sp³-hybridized carbons (Fsp3) is 0.850. The van der Waals surface area contributed by atoms with E-state index in [-0.39, 0.29) is 56.0 Å². The highest BCUT2D eigenvalue weighted by Gasteiger charge is 2.37. The fourth-order valence-corrected chi connectivity index (χ4v) is 7.61. The maximum absolute atomic E-state index is 13.6. The van der Waals surface area contributed by atoms with Gasteiger partial charge in [-0.25, -0.2) is 0 Å². The van der Waals surface area contributed by atoms with E-state index in [1.54, 1.807) is 0 Å². The molecule has 0 aromatic carbocycles. The normalized spacial score (nSPS) is 19.2. The van der Waals surface area contributed by atoms with Crippen LogP contribution in [-0.2, 0) is 24.0 Å². The molecule has 3 amide bonds. The van der Waals surface area contributed by atoms with Crippen LogP contribution < -0.4 is 37.6 Å². The van der Waals surface area contributed by atoms with Gasteiger partial charge in [-0.2, -0.15) is 0 Å². The zero-order valence-electron chi connectivity index (χ0n) is 34.1. The minimum atomic E-state index is -1.18. The number of aliphatic hydroxyl groups excluding tert-OH is 1. The van der Waals surface area contributed by atoms with Crippen molar-refractivity contribution in [2.75, 3.05) is 39.3 Å². The third-order valence-electron chi connectivity index (χ3n) is 10.9. The summed E-state index contributed by atoms with van der Waals surface area (Å²) in [6, 6.07) is -3.10. The highest BCUT2D eigenvalue weighted by atomic mass is 16.4. The minimum Gasteiger partial charge on any atom is -0.481 e. The van der Waals surface area contributed by atoms with E-state index in [1.165, 1.54) is 57.6 Å². The van der Waals surface area contributed by atoms with Crippen LogP contribution >= 0.6 is 0 Å². The number of carboxylic acid groups (broad SMARTS) is 2. The Morgan fingerprint density at radius 2 is 1.55 bits per heavy atom. The number of aliphatic hydroxyl groups is 1. The largest absolute Gasteiger partial charge is 0.481 e. The van der Waals surface area contributed by atoms with E-state index in [4.69, 9.17) is 15.8 Å². The molecule has 16 nitrogen and oxygen atoms in total. The second-order valence-electron chi connectivity index (χ2n) is 15.7. The van der Waals surface area contributed by atoms with Gasteiger partial charge < -0.3 is 47.6 Å². The van der Waals surface area contributed by atoms with Crippen molar-refractivity contribution in [3.05, 3.63) is 0 Å². The molecule has 0 spiro atoms. The van der Waals surface area contributed by atoms with Crippen molar-refractivity contribution in [3.8, 4) is 0 Å². The highest BCUT2D eigenvalue weighted by Crippen LogP contribution is 2.35. The molecule has 1 aliphatic carbocycles. The number of rotatable bonds is 33. The van der Waals surface area contributed by atoms with E-state index in [1.807, 2.05) is 0 Å². The van der Waals surface area contributed by atoms with Crippen LogP contribution in [0.1, 0.15) is 136 Å². The van der Waals surface area contributed by atoms with Gasteiger partial charge in [0, 0.05) is 76.2 Å². The number of hydrogen-bond donors (Lipinski definition) is 10. The Hall–Kier alpha value is -3.18. The van der Waals surface area contributed by atoms with E-state index < -0.39 is 42.3 Å². The lowest BCUT2D eigenvalue weighted by Gasteiger charge is -2.30. The van der Waals surface area contributed by atoms with Crippen LogP contribution in [0, 0.1) is 11.8 Å². The number of aliphatic imine (C=N–C) groups is 1. The fourth-order valence-electron chi connectivity index (χ4n) is 7.61. The second kappa shape index (κ2) is 29.1. The predicted molar refractivity (Wildman–Crippen MR) is 217 cm³/mol. The molecule has 1 aliphatic heterocycles. The maximum atomic E-state index is 13.6. The Morgan fingerprint density at radius 1 is 0.839 bits per heavy atom. The van der Waals surface area contributed by atoms with Crippen LogP contribution in [-0.4, -0.2) is 120 Å². The Kier molecular flexibility index (Phi) is 25.4. The van der Waals surface area contributed by atoms with Crippen molar-refractivity contribution in [1.82, 2.24) is 31.9 Å². The van der Waals surface area contributed by atoms with Gasteiger partial charge in [0.15, 0.2) is 0 Å². The second-order valence-corrected chi connectivity index (χ2v) is 15.7. The molecule has 56 heavy (non-hydrogen) atoms. The quantitative estimate of drug-likeness (QED) is 0.0339. The first-order chi connectivity index (χ1) is 26.9. The van der Waals surface area contributed by atoms with Gasteiger partial charge in [-0.15, -0.1) is 0 Å². The molecule has 7 atom stereocenters. The number of nitrogens with one attached hydrogen (secondary N) is 6. The Bertz CT molecular complexity index is 1210. The number of carbonyl (C=O) groups excluding carboxylic acids is 3. The van der Waals surface area contributed by atoms with Crippen molar-refractivity contribution >= 4 is 35.4 Å².